The second-order valence-corrected chi connectivity index (χ2v) is 2.56. The summed E-state index contributed by atoms with van der Waals surface area (Å²) in [7, 11) is 1.35. The van der Waals surface area contributed by atoms with Gasteiger partial charge in [-0.2, -0.15) is 0 Å². The number of halogens is 1. The normalized spacial score (nSPS) is 9.64. The molecule has 0 fully saturated rings. The maximum atomic E-state index is 13.1. The lowest BCUT2D eigenvalue weighted by Gasteiger charge is -2.05. The first-order chi connectivity index (χ1) is 6.67. The lowest BCUT2D eigenvalue weighted by Crippen LogP contribution is -2.15. The number of methoxy groups -OCH3 is 1. The van der Waals surface area contributed by atoms with E-state index in [2.05, 4.69) is 5.32 Å². The van der Waals surface area contributed by atoms with Gasteiger partial charge in [0.2, 0.25) is 5.91 Å². The molecule has 1 rings (SSSR count). The van der Waals surface area contributed by atoms with Gasteiger partial charge in [0.15, 0.2) is 11.6 Å². The van der Waals surface area contributed by atoms with E-state index in [-0.39, 0.29) is 11.4 Å². The van der Waals surface area contributed by atoms with Gasteiger partial charge in [-0.1, -0.05) is 0 Å². The van der Waals surface area contributed by atoms with Gasteiger partial charge in [0.25, 0.3) is 0 Å². The zero-order chi connectivity index (χ0) is 10.6. The van der Waals surface area contributed by atoms with Crippen LogP contribution in [0.2, 0.25) is 0 Å². The van der Waals surface area contributed by atoms with Crippen molar-refractivity contribution in [3.63, 3.8) is 0 Å². The van der Waals surface area contributed by atoms with E-state index in [4.69, 9.17) is 9.84 Å². The fraction of sp³-hybridized carbons (Fsp3) is 0.222. The molecule has 76 valence electrons. The van der Waals surface area contributed by atoms with Gasteiger partial charge in [0.05, 0.1) is 7.11 Å². The quantitative estimate of drug-likeness (QED) is 0.755. The van der Waals surface area contributed by atoms with Crippen molar-refractivity contribution in [3.05, 3.63) is 24.0 Å². The van der Waals surface area contributed by atoms with Gasteiger partial charge in [0, 0.05) is 11.8 Å². The highest BCUT2D eigenvalue weighted by molar-refractivity contribution is 5.91. The summed E-state index contributed by atoms with van der Waals surface area (Å²) in [5, 5.41) is 10.7. The van der Waals surface area contributed by atoms with Crippen molar-refractivity contribution in [2.45, 2.75) is 0 Å². The van der Waals surface area contributed by atoms with Gasteiger partial charge in [-0.05, 0) is 12.1 Å². The Morgan fingerprint density at radius 1 is 1.64 bits per heavy atom. The second-order valence-electron chi connectivity index (χ2n) is 2.56. The van der Waals surface area contributed by atoms with Crippen LogP contribution in [0.4, 0.5) is 10.1 Å². The molecule has 2 N–H and O–H groups in total. The Balaban J connectivity index is 2.81. The van der Waals surface area contributed by atoms with Crippen LogP contribution in [0.3, 0.4) is 0 Å². The Labute approximate surface area is 80.3 Å². The number of anilines is 1. The number of rotatable bonds is 3. The summed E-state index contributed by atoms with van der Waals surface area (Å²) in [6.45, 7) is -0.631. The molecule has 0 saturated carbocycles. The number of nitrogens with one attached hydrogen (secondary N) is 1. The second kappa shape index (κ2) is 4.57. The molecule has 14 heavy (non-hydrogen) atoms. The van der Waals surface area contributed by atoms with Crippen molar-refractivity contribution < 1.29 is 19.0 Å². The zero-order valence-electron chi connectivity index (χ0n) is 7.58. The van der Waals surface area contributed by atoms with Crippen LogP contribution in [0, 0.1) is 5.82 Å². The lowest BCUT2D eigenvalue weighted by atomic mass is 10.3. The first-order valence-electron chi connectivity index (χ1n) is 3.91. The Morgan fingerprint density at radius 2 is 2.36 bits per heavy atom. The summed E-state index contributed by atoms with van der Waals surface area (Å²) in [5.41, 5.74) is 0.280. The molecule has 5 heteroatoms. The van der Waals surface area contributed by atoms with Crippen molar-refractivity contribution in [2.24, 2.45) is 0 Å². The molecule has 0 aliphatic rings. The maximum absolute atomic E-state index is 13.1. The van der Waals surface area contributed by atoms with Crippen molar-refractivity contribution in [3.8, 4) is 5.75 Å². The predicted octanol–water partition coefficient (Wildman–Crippen LogP) is 0.765. The topological polar surface area (TPSA) is 58.6 Å². The van der Waals surface area contributed by atoms with Crippen LogP contribution in [-0.4, -0.2) is 24.7 Å². The van der Waals surface area contributed by atoms with Crippen LogP contribution in [0.25, 0.3) is 0 Å². The molecule has 0 unspecified atom stereocenters. The maximum Gasteiger partial charge on any atom is 0.250 e. The Kier molecular flexibility index (Phi) is 3.41. The number of aliphatic hydroxyl groups is 1. The third-order valence-corrected chi connectivity index (χ3v) is 1.58. The third-order valence-electron chi connectivity index (χ3n) is 1.58. The molecule has 0 bridgehead atoms. The standard InChI is InChI=1S/C9H10FNO3/c1-14-8-3-2-6(4-7(8)10)11-9(13)5-12/h2-4,12H,5H2,1H3,(H,11,13). The van der Waals surface area contributed by atoms with Gasteiger partial charge in [-0.15, -0.1) is 0 Å². The number of amides is 1. The van der Waals surface area contributed by atoms with E-state index in [1.807, 2.05) is 0 Å². The van der Waals surface area contributed by atoms with Crippen molar-refractivity contribution in [1.82, 2.24) is 0 Å². The Morgan fingerprint density at radius 3 is 2.86 bits per heavy atom. The lowest BCUT2D eigenvalue weighted by molar-refractivity contribution is -0.118. The number of carbonyl (C=O) groups excluding carboxylic acids is 1. The van der Waals surface area contributed by atoms with Crippen LogP contribution in [-0.2, 0) is 4.79 Å². The monoisotopic (exact) mass is 199 g/mol. The Bertz CT molecular complexity index is 341. The summed E-state index contributed by atoms with van der Waals surface area (Å²) < 4.78 is 17.8. The van der Waals surface area contributed by atoms with Crippen LogP contribution < -0.4 is 10.1 Å². The first-order valence-corrected chi connectivity index (χ1v) is 3.91. The average molecular weight is 199 g/mol. The van der Waals surface area contributed by atoms with Crippen LogP contribution in [0.5, 0.6) is 5.75 Å². The van der Waals surface area contributed by atoms with Gasteiger partial charge < -0.3 is 15.2 Å². The zero-order valence-corrected chi connectivity index (χ0v) is 7.58. The predicted molar refractivity (Wildman–Crippen MR) is 48.7 cm³/mol. The first kappa shape index (κ1) is 10.5. The molecule has 1 aromatic rings. The average Bonchev–Trinajstić information content (AvgIpc) is 2.18. The van der Waals surface area contributed by atoms with Crippen molar-refractivity contribution >= 4 is 11.6 Å². The number of hydrogen-bond acceptors (Lipinski definition) is 3. The summed E-state index contributed by atoms with van der Waals surface area (Å²) in [6.07, 6.45) is 0. The highest BCUT2D eigenvalue weighted by Crippen LogP contribution is 2.20. The van der Waals surface area contributed by atoms with E-state index in [0.29, 0.717) is 0 Å². The van der Waals surface area contributed by atoms with E-state index < -0.39 is 18.3 Å². The largest absolute Gasteiger partial charge is 0.494 e. The minimum Gasteiger partial charge on any atom is -0.494 e. The molecular formula is C9H10FNO3. The number of aliphatic hydroxyl groups excluding tert-OH is 1. The molecule has 0 aliphatic carbocycles. The summed E-state index contributed by atoms with van der Waals surface area (Å²) >= 11 is 0. The number of ether oxygens (including phenoxy) is 1. The number of hydrogen-bond donors (Lipinski definition) is 2. The van der Waals surface area contributed by atoms with Crippen LogP contribution >= 0.6 is 0 Å². The van der Waals surface area contributed by atoms with Crippen molar-refractivity contribution in [1.29, 1.82) is 0 Å². The van der Waals surface area contributed by atoms with Gasteiger partial charge >= 0.3 is 0 Å². The molecule has 0 aromatic heterocycles. The molecule has 0 aliphatic heterocycles. The number of benzene rings is 1. The van der Waals surface area contributed by atoms with Crippen LogP contribution in [0.1, 0.15) is 0 Å². The Hall–Kier alpha value is -1.62. The van der Waals surface area contributed by atoms with Crippen molar-refractivity contribution in [2.75, 3.05) is 19.0 Å². The third kappa shape index (κ3) is 2.43. The fourth-order valence-electron chi connectivity index (χ4n) is 0.945. The molecule has 4 nitrogen and oxygen atoms in total. The van der Waals surface area contributed by atoms with E-state index in [0.717, 1.165) is 6.07 Å². The van der Waals surface area contributed by atoms with E-state index in [1.165, 1.54) is 19.2 Å². The van der Waals surface area contributed by atoms with Gasteiger partial charge in [0.1, 0.15) is 6.61 Å². The van der Waals surface area contributed by atoms with E-state index in [1.54, 1.807) is 0 Å². The molecule has 0 atom stereocenters. The summed E-state index contributed by atoms with van der Waals surface area (Å²) in [5.74, 6) is -1.05. The summed E-state index contributed by atoms with van der Waals surface area (Å²) in [4.78, 5) is 10.7. The van der Waals surface area contributed by atoms with Gasteiger partial charge in [-0.25, -0.2) is 4.39 Å². The highest BCUT2D eigenvalue weighted by Gasteiger charge is 2.05. The summed E-state index contributed by atoms with van der Waals surface area (Å²) in [6, 6.07) is 3.99. The molecule has 1 aromatic carbocycles. The minimum absolute atomic E-state index is 0.104. The van der Waals surface area contributed by atoms with Gasteiger partial charge in [-0.3, -0.25) is 4.79 Å². The smallest absolute Gasteiger partial charge is 0.250 e. The molecule has 1 amide bonds. The molecule has 0 radical (unpaired) electrons. The van der Waals surface area contributed by atoms with E-state index >= 15 is 0 Å². The fourth-order valence-corrected chi connectivity index (χ4v) is 0.945. The molecule has 0 heterocycles. The molecule has 0 spiro atoms. The minimum atomic E-state index is -0.631. The van der Waals surface area contributed by atoms with Crippen LogP contribution in [0.15, 0.2) is 18.2 Å². The number of carbonyl (C=O) groups is 1. The SMILES string of the molecule is COc1ccc(NC(=O)CO)cc1F. The molecule has 0 saturated heterocycles. The molecular weight excluding hydrogens is 189 g/mol. The highest BCUT2D eigenvalue weighted by atomic mass is 19.1. The van der Waals surface area contributed by atoms with E-state index in [9.17, 15) is 9.18 Å².